The highest BCUT2D eigenvalue weighted by atomic mass is 16.6. The molecule has 2 aromatic carbocycles. The first-order valence-corrected chi connectivity index (χ1v) is 14.0. The van der Waals surface area contributed by atoms with Crippen molar-refractivity contribution in [3.63, 3.8) is 0 Å². The van der Waals surface area contributed by atoms with Gasteiger partial charge in [-0.2, -0.15) is 0 Å². The SMILES string of the molecule is Cc1cc(C(=O)CC2CCCCC2)ccc1[N+](=O)[O-].Cc1cc(C(=O)N2CCCCCCC2)ccc1[N+](=O)[O-]. The molecule has 2 aromatic rings. The van der Waals surface area contributed by atoms with E-state index in [-0.39, 0.29) is 23.1 Å². The minimum absolute atomic E-state index is 0.00935. The van der Waals surface area contributed by atoms with E-state index < -0.39 is 9.85 Å². The third-order valence-corrected chi connectivity index (χ3v) is 7.70. The molecule has 1 saturated carbocycles. The van der Waals surface area contributed by atoms with Crippen LogP contribution in [0.25, 0.3) is 0 Å². The maximum absolute atomic E-state index is 12.5. The molecule has 1 heterocycles. The second kappa shape index (κ2) is 14.5. The van der Waals surface area contributed by atoms with E-state index >= 15 is 0 Å². The Balaban J connectivity index is 0.000000216. The van der Waals surface area contributed by atoms with Crippen molar-refractivity contribution >= 4 is 23.1 Å². The summed E-state index contributed by atoms with van der Waals surface area (Å²) in [6.07, 6.45) is 12.2. The van der Waals surface area contributed by atoms with Crippen LogP contribution in [0.1, 0.15) is 102 Å². The van der Waals surface area contributed by atoms with Crippen molar-refractivity contribution in [2.45, 2.75) is 84.5 Å². The topological polar surface area (TPSA) is 124 Å². The molecule has 0 N–H and O–H groups in total. The predicted octanol–water partition coefficient (Wildman–Crippen LogP) is 7.37. The van der Waals surface area contributed by atoms with Crippen LogP contribution in [0.15, 0.2) is 36.4 Å². The van der Waals surface area contributed by atoms with Gasteiger partial charge in [0.15, 0.2) is 5.78 Å². The van der Waals surface area contributed by atoms with Gasteiger partial charge in [0.05, 0.1) is 9.85 Å². The number of amides is 1. The summed E-state index contributed by atoms with van der Waals surface area (Å²) in [4.78, 5) is 47.2. The Morgan fingerprint density at radius 1 is 0.744 bits per heavy atom. The van der Waals surface area contributed by atoms with Crippen LogP contribution in [-0.2, 0) is 0 Å². The van der Waals surface area contributed by atoms with Gasteiger partial charge in [0.1, 0.15) is 0 Å². The van der Waals surface area contributed by atoms with E-state index in [0.717, 1.165) is 38.8 Å². The fraction of sp³-hybridized carbons (Fsp3) is 0.533. The van der Waals surface area contributed by atoms with Gasteiger partial charge in [0.25, 0.3) is 17.3 Å². The molecule has 1 saturated heterocycles. The highest BCUT2D eigenvalue weighted by Gasteiger charge is 2.21. The molecule has 4 rings (SSSR count). The Kier molecular flexibility index (Phi) is 11.1. The zero-order valence-electron chi connectivity index (χ0n) is 23.0. The van der Waals surface area contributed by atoms with Gasteiger partial charge in [0.2, 0.25) is 0 Å². The first-order chi connectivity index (χ1) is 18.7. The standard InChI is InChI=1S/C15H20N2O3.C15H19NO3/c1-12-11-13(7-8-14(12)17(19)20)15(18)16-9-5-3-2-4-6-10-16;1-11-9-13(7-8-14(11)16(18)19)15(17)10-12-5-3-2-4-6-12/h7-8,11H,2-6,9-10H2,1H3;7-9,12H,2-6,10H2,1H3. The summed E-state index contributed by atoms with van der Waals surface area (Å²) in [6.45, 7) is 4.92. The number of benzene rings is 2. The number of nitrogens with zero attached hydrogens (tertiary/aromatic N) is 3. The van der Waals surface area contributed by atoms with Crippen LogP contribution in [-0.4, -0.2) is 39.5 Å². The van der Waals surface area contributed by atoms with Gasteiger partial charge in [-0.3, -0.25) is 29.8 Å². The molecule has 39 heavy (non-hydrogen) atoms. The van der Waals surface area contributed by atoms with E-state index in [2.05, 4.69) is 0 Å². The molecular weight excluding hydrogens is 498 g/mol. The quantitative estimate of drug-likeness (QED) is 0.215. The summed E-state index contributed by atoms with van der Waals surface area (Å²) in [5, 5.41) is 21.5. The number of nitro groups is 2. The van der Waals surface area contributed by atoms with Crippen LogP contribution in [0, 0.1) is 40.0 Å². The molecule has 2 aliphatic rings. The van der Waals surface area contributed by atoms with E-state index in [9.17, 15) is 29.8 Å². The van der Waals surface area contributed by atoms with E-state index in [1.54, 1.807) is 38.1 Å². The molecule has 0 spiro atoms. The number of aryl methyl sites for hydroxylation is 2. The molecule has 9 nitrogen and oxygen atoms in total. The summed E-state index contributed by atoms with van der Waals surface area (Å²) >= 11 is 0. The fourth-order valence-corrected chi connectivity index (χ4v) is 5.43. The van der Waals surface area contributed by atoms with Gasteiger partial charge < -0.3 is 4.90 Å². The average Bonchev–Trinajstić information content (AvgIpc) is 2.88. The van der Waals surface area contributed by atoms with Crippen LogP contribution in [0.5, 0.6) is 0 Å². The smallest absolute Gasteiger partial charge is 0.272 e. The molecule has 0 aromatic heterocycles. The Morgan fingerprint density at radius 3 is 1.72 bits per heavy atom. The number of hydrogen-bond donors (Lipinski definition) is 0. The summed E-state index contributed by atoms with van der Waals surface area (Å²) in [5.41, 5.74) is 2.39. The second-order valence-electron chi connectivity index (χ2n) is 10.7. The number of ketones is 1. The molecule has 0 unspecified atom stereocenters. The summed E-state index contributed by atoms with van der Waals surface area (Å²) in [7, 11) is 0. The Morgan fingerprint density at radius 2 is 1.21 bits per heavy atom. The molecule has 1 aliphatic heterocycles. The largest absolute Gasteiger partial charge is 0.339 e. The lowest BCUT2D eigenvalue weighted by Gasteiger charge is -2.25. The molecule has 0 atom stereocenters. The highest BCUT2D eigenvalue weighted by Crippen LogP contribution is 2.28. The maximum atomic E-state index is 12.5. The Bertz CT molecular complexity index is 1180. The van der Waals surface area contributed by atoms with Crippen molar-refractivity contribution in [2.24, 2.45) is 5.92 Å². The Labute approximate surface area is 229 Å². The van der Waals surface area contributed by atoms with Gasteiger partial charge in [-0.25, -0.2) is 0 Å². The molecule has 0 radical (unpaired) electrons. The zero-order valence-corrected chi connectivity index (χ0v) is 23.0. The number of carbonyl (C=O) groups is 2. The van der Waals surface area contributed by atoms with Crippen molar-refractivity contribution in [1.82, 2.24) is 4.90 Å². The van der Waals surface area contributed by atoms with Crippen LogP contribution >= 0.6 is 0 Å². The van der Waals surface area contributed by atoms with Crippen molar-refractivity contribution in [1.29, 1.82) is 0 Å². The minimum Gasteiger partial charge on any atom is -0.339 e. The Hall–Kier alpha value is -3.62. The molecule has 0 bridgehead atoms. The van der Waals surface area contributed by atoms with Crippen molar-refractivity contribution in [3.05, 3.63) is 78.9 Å². The maximum Gasteiger partial charge on any atom is 0.272 e. The van der Waals surface area contributed by atoms with E-state index in [0.29, 0.717) is 34.6 Å². The van der Waals surface area contributed by atoms with E-state index in [1.807, 2.05) is 4.90 Å². The lowest BCUT2D eigenvalue weighted by atomic mass is 9.84. The third kappa shape index (κ3) is 8.70. The number of likely N-dealkylation sites (tertiary alicyclic amines) is 1. The van der Waals surface area contributed by atoms with Crippen LogP contribution in [0.2, 0.25) is 0 Å². The van der Waals surface area contributed by atoms with Crippen LogP contribution in [0.4, 0.5) is 11.4 Å². The normalized spacial score (nSPS) is 16.3. The predicted molar refractivity (Wildman–Crippen MR) is 150 cm³/mol. The van der Waals surface area contributed by atoms with Crippen molar-refractivity contribution < 1.29 is 19.4 Å². The highest BCUT2D eigenvalue weighted by molar-refractivity contribution is 5.96. The van der Waals surface area contributed by atoms with Gasteiger partial charge in [-0.15, -0.1) is 0 Å². The van der Waals surface area contributed by atoms with Gasteiger partial charge in [-0.05, 0) is 56.9 Å². The van der Waals surface area contributed by atoms with Crippen LogP contribution < -0.4 is 0 Å². The van der Waals surface area contributed by atoms with Gasteiger partial charge in [0, 0.05) is 53.9 Å². The number of nitro benzene ring substituents is 2. The number of rotatable bonds is 6. The molecule has 9 heteroatoms. The van der Waals surface area contributed by atoms with Crippen molar-refractivity contribution in [2.75, 3.05) is 13.1 Å². The lowest BCUT2D eigenvalue weighted by molar-refractivity contribution is -0.385. The third-order valence-electron chi connectivity index (χ3n) is 7.70. The second-order valence-corrected chi connectivity index (χ2v) is 10.7. The monoisotopic (exact) mass is 537 g/mol. The zero-order chi connectivity index (χ0) is 28.4. The fourth-order valence-electron chi connectivity index (χ4n) is 5.43. The van der Waals surface area contributed by atoms with Crippen LogP contribution in [0.3, 0.4) is 0 Å². The summed E-state index contributed by atoms with van der Waals surface area (Å²) < 4.78 is 0. The number of hydrogen-bond acceptors (Lipinski definition) is 6. The minimum atomic E-state index is -0.417. The average molecular weight is 538 g/mol. The van der Waals surface area contributed by atoms with Gasteiger partial charge >= 0.3 is 0 Å². The van der Waals surface area contributed by atoms with Crippen molar-refractivity contribution in [3.8, 4) is 0 Å². The number of Topliss-reactive ketones (excluding diaryl/α,β-unsaturated/α-hetero) is 1. The molecule has 2 fully saturated rings. The molecule has 210 valence electrons. The molecule has 1 aliphatic carbocycles. The molecule has 1 amide bonds. The van der Waals surface area contributed by atoms with E-state index in [1.165, 1.54) is 50.7 Å². The summed E-state index contributed by atoms with van der Waals surface area (Å²) in [5.74, 6) is 0.603. The van der Waals surface area contributed by atoms with Gasteiger partial charge in [-0.1, -0.05) is 51.4 Å². The summed E-state index contributed by atoms with van der Waals surface area (Å²) in [6, 6.07) is 9.26. The number of carbonyl (C=O) groups excluding carboxylic acids is 2. The lowest BCUT2D eigenvalue weighted by Crippen LogP contribution is -2.33. The van der Waals surface area contributed by atoms with E-state index in [4.69, 9.17) is 0 Å². The first-order valence-electron chi connectivity index (χ1n) is 14.0. The molecular formula is C30H39N3O6. The first kappa shape index (κ1) is 29.9.